The molecule has 0 saturated heterocycles. The molecule has 0 rings (SSSR count). The van der Waals surface area contributed by atoms with Crippen molar-refractivity contribution in [3.05, 3.63) is 0 Å². The lowest BCUT2D eigenvalue weighted by Crippen LogP contribution is -2.24. The van der Waals surface area contributed by atoms with Gasteiger partial charge < -0.3 is 10.3 Å². The summed E-state index contributed by atoms with van der Waals surface area (Å²) < 4.78 is 19.4. The minimum absolute atomic E-state index is 0.553. The lowest BCUT2D eigenvalue weighted by molar-refractivity contribution is 0.519. The molecule has 0 fully saturated rings. The average Bonchev–Trinajstić information content (AvgIpc) is 2.39. The Morgan fingerprint density at radius 1 is 0.842 bits per heavy atom. The van der Waals surface area contributed by atoms with E-state index in [-0.39, 0.29) is 0 Å². The van der Waals surface area contributed by atoms with Gasteiger partial charge in [-0.15, -0.1) is 0 Å². The van der Waals surface area contributed by atoms with Gasteiger partial charge in [0, 0.05) is 0 Å². The highest BCUT2D eigenvalue weighted by Crippen LogP contribution is 2.12. The molecule has 0 bridgehead atoms. The summed E-state index contributed by atoms with van der Waals surface area (Å²) in [6.45, 7) is 2.26. The molecule has 0 aromatic carbocycles. The van der Waals surface area contributed by atoms with Crippen LogP contribution in [-0.4, -0.2) is 14.1 Å². The van der Waals surface area contributed by atoms with Gasteiger partial charge in [0.05, 0.1) is 0 Å². The average molecular weight is 292 g/mol. The van der Waals surface area contributed by atoms with Crippen molar-refractivity contribution < 1.29 is 8.76 Å². The van der Waals surface area contributed by atoms with Crippen LogP contribution in [0.5, 0.6) is 0 Å². The first-order valence-electron chi connectivity index (χ1n) is 8.03. The van der Waals surface area contributed by atoms with Crippen LogP contribution < -0.4 is 5.73 Å². The van der Waals surface area contributed by atoms with Crippen molar-refractivity contribution in [3.63, 3.8) is 0 Å². The standard InChI is InChI=1S/C15H33NO2S/c1-2-3-4-5-6-7-8-9-10-11-12-13-14-15(16)19(17)18/h15H,2-14,16H2,1H3,(H,17,18). The van der Waals surface area contributed by atoms with Crippen molar-refractivity contribution in [3.8, 4) is 0 Å². The second-order valence-electron chi connectivity index (χ2n) is 5.49. The Balaban J connectivity index is 3.05. The van der Waals surface area contributed by atoms with Gasteiger partial charge in [-0.2, -0.15) is 0 Å². The van der Waals surface area contributed by atoms with Crippen molar-refractivity contribution in [2.24, 2.45) is 5.73 Å². The number of hydrogen-bond donors (Lipinski definition) is 2. The van der Waals surface area contributed by atoms with E-state index in [2.05, 4.69) is 6.92 Å². The van der Waals surface area contributed by atoms with Crippen LogP contribution in [-0.2, 0) is 11.1 Å². The number of nitrogens with two attached hydrogens (primary N) is 1. The first-order valence-corrected chi connectivity index (χ1v) is 9.20. The Morgan fingerprint density at radius 3 is 1.58 bits per heavy atom. The van der Waals surface area contributed by atoms with Crippen molar-refractivity contribution in [1.82, 2.24) is 0 Å². The maximum Gasteiger partial charge on any atom is 0.170 e. The zero-order valence-corrected chi connectivity index (χ0v) is 13.4. The second kappa shape index (κ2) is 14.5. The summed E-state index contributed by atoms with van der Waals surface area (Å²) in [5.74, 6) is 0. The van der Waals surface area contributed by atoms with Crippen LogP contribution in [0.4, 0.5) is 0 Å². The monoisotopic (exact) mass is 291 g/mol. The van der Waals surface area contributed by atoms with Gasteiger partial charge in [0.1, 0.15) is 5.37 Å². The van der Waals surface area contributed by atoms with E-state index in [4.69, 9.17) is 10.3 Å². The predicted octanol–water partition coefficient (Wildman–Crippen LogP) is 4.58. The van der Waals surface area contributed by atoms with E-state index in [1.165, 1.54) is 64.2 Å². The van der Waals surface area contributed by atoms with Gasteiger partial charge in [-0.3, -0.25) is 0 Å². The van der Waals surface area contributed by atoms with Gasteiger partial charge in [-0.25, -0.2) is 4.21 Å². The number of hydrogen-bond acceptors (Lipinski definition) is 2. The summed E-state index contributed by atoms with van der Waals surface area (Å²) in [5.41, 5.74) is 5.50. The van der Waals surface area contributed by atoms with Gasteiger partial charge >= 0.3 is 0 Å². The van der Waals surface area contributed by atoms with Crippen LogP contribution in [0.2, 0.25) is 0 Å². The van der Waals surface area contributed by atoms with Crippen LogP contribution in [0.15, 0.2) is 0 Å². The lowest BCUT2D eigenvalue weighted by Gasteiger charge is -2.06. The summed E-state index contributed by atoms with van der Waals surface area (Å²) in [6, 6.07) is 0. The van der Waals surface area contributed by atoms with Gasteiger partial charge in [0.2, 0.25) is 0 Å². The van der Waals surface area contributed by atoms with Crippen LogP contribution in [0.25, 0.3) is 0 Å². The first-order chi connectivity index (χ1) is 9.18. The smallest absolute Gasteiger partial charge is 0.170 e. The van der Waals surface area contributed by atoms with Crippen molar-refractivity contribution >= 4 is 11.1 Å². The second-order valence-corrected chi connectivity index (χ2v) is 6.65. The largest absolute Gasteiger partial charge is 0.315 e. The SMILES string of the molecule is CCCCCCCCCCCCCCC(N)S(=O)O. The molecule has 0 radical (unpaired) electrons. The Hall–Kier alpha value is 0.0700. The van der Waals surface area contributed by atoms with Gasteiger partial charge in [0.25, 0.3) is 0 Å². The number of rotatable bonds is 14. The van der Waals surface area contributed by atoms with Crippen LogP contribution in [0, 0.1) is 0 Å². The molecule has 0 aliphatic heterocycles. The van der Waals surface area contributed by atoms with E-state index in [9.17, 15) is 4.21 Å². The van der Waals surface area contributed by atoms with E-state index < -0.39 is 16.5 Å². The summed E-state index contributed by atoms with van der Waals surface area (Å²) in [7, 11) is 0. The molecule has 3 N–H and O–H groups in total. The molecular weight excluding hydrogens is 258 g/mol. The van der Waals surface area contributed by atoms with Crippen molar-refractivity contribution in [2.75, 3.05) is 0 Å². The molecule has 0 heterocycles. The molecule has 19 heavy (non-hydrogen) atoms. The van der Waals surface area contributed by atoms with E-state index in [0.29, 0.717) is 6.42 Å². The predicted molar refractivity (Wildman–Crippen MR) is 84.4 cm³/mol. The maximum atomic E-state index is 10.6. The quantitative estimate of drug-likeness (QED) is 0.363. The zero-order chi connectivity index (χ0) is 14.3. The molecule has 2 atom stereocenters. The molecule has 0 aliphatic rings. The molecule has 0 aliphatic carbocycles. The minimum atomic E-state index is -1.85. The van der Waals surface area contributed by atoms with Crippen LogP contribution in [0.1, 0.15) is 90.4 Å². The first kappa shape index (κ1) is 19.1. The lowest BCUT2D eigenvalue weighted by atomic mass is 10.0. The number of unbranched alkanes of at least 4 members (excludes halogenated alkanes) is 11. The fraction of sp³-hybridized carbons (Fsp3) is 1.00. The molecule has 3 nitrogen and oxygen atoms in total. The van der Waals surface area contributed by atoms with Gasteiger partial charge in [-0.1, -0.05) is 84.0 Å². The third kappa shape index (κ3) is 14.3. The Labute approximate surface area is 122 Å². The van der Waals surface area contributed by atoms with Crippen LogP contribution in [0.3, 0.4) is 0 Å². The zero-order valence-electron chi connectivity index (χ0n) is 12.6. The molecule has 0 amide bonds. The third-order valence-corrected chi connectivity index (χ3v) is 4.35. The summed E-state index contributed by atoms with van der Waals surface area (Å²) in [5, 5.41) is -0.553. The molecule has 116 valence electrons. The van der Waals surface area contributed by atoms with Crippen molar-refractivity contribution in [1.29, 1.82) is 0 Å². The summed E-state index contributed by atoms with van der Waals surface area (Å²) in [4.78, 5) is 0. The van der Waals surface area contributed by atoms with E-state index in [1.807, 2.05) is 0 Å². The molecular formula is C15H33NO2S. The minimum Gasteiger partial charge on any atom is -0.315 e. The summed E-state index contributed by atoms with van der Waals surface area (Å²) >= 11 is -1.85. The highest BCUT2D eigenvalue weighted by molar-refractivity contribution is 7.79. The highest BCUT2D eigenvalue weighted by atomic mass is 32.2. The topological polar surface area (TPSA) is 63.3 Å². The van der Waals surface area contributed by atoms with Gasteiger partial charge in [-0.05, 0) is 6.42 Å². The van der Waals surface area contributed by atoms with E-state index in [0.717, 1.165) is 12.8 Å². The molecule has 0 aromatic heterocycles. The fourth-order valence-corrected chi connectivity index (χ4v) is 2.66. The summed E-state index contributed by atoms with van der Waals surface area (Å²) in [6.07, 6.45) is 16.3. The van der Waals surface area contributed by atoms with Crippen molar-refractivity contribution in [2.45, 2.75) is 95.8 Å². The molecule has 2 unspecified atom stereocenters. The molecule has 0 spiro atoms. The third-order valence-electron chi connectivity index (χ3n) is 3.60. The normalized spacial score (nSPS) is 14.5. The fourth-order valence-electron chi connectivity index (χ4n) is 2.29. The molecule has 0 aromatic rings. The Kier molecular flexibility index (Phi) is 14.5. The van der Waals surface area contributed by atoms with E-state index >= 15 is 0 Å². The maximum absolute atomic E-state index is 10.6. The van der Waals surface area contributed by atoms with E-state index in [1.54, 1.807) is 0 Å². The van der Waals surface area contributed by atoms with Crippen LogP contribution >= 0.6 is 0 Å². The van der Waals surface area contributed by atoms with Gasteiger partial charge in [0.15, 0.2) is 11.1 Å². The highest BCUT2D eigenvalue weighted by Gasteiger charge is 2.07. The Morgan fingerprint density at radius 2 is 1.21 bits per heavy atom. The molecule has 0 saturated carbocycles. The molecule has 4 heteroatoms. The Bertz CT molecular complexity index is 212.